The summed E-state index contributed by atoms with van der Waals surface area (Å²) >= 11 is 0. The number of piperazine rings is 1. The second-order valence-electron chi connectivity index (χ2n) is 7.41. The van der Waals surface area contributed by atoms with Gasteiger partial charge in [0.2, 0.25) is 5.91 Å². The Kier molecular flexibility index (Phi) is 6.82. The van der Waals surface area contributed by atoms with E-state index in [-0.39, 0.29) is 11.8 Å². The van der Waals surface area contributed by atoms with Gasteiger partial charge in [-0.2, -0.15) is 0 Å². The van der Waals surface area contributed by atoms with Crippen molar-refractivity contribution in [3.05, 3.63) is 65.7 Å². The van der Waals surface area contributed by atoms with Gasteiger partial charge in [-0.1, -0.05) is 44.2 Å². The summed E-state index contributed by atoms with van der Waals surface area (Å²) in [4.78, 5) is 28.8. The molecule has 3 rings (SSSR count). The summed E-state index contributed by atoms with van der Waals surface area (Å²) in [6.45, 7) is 7.43. The predicted molar refractivity (Wildman–Crippen MR) is 113 cm³/mol. The highest BCUT2D eigenvalue weighted by atomic mass is 16.2. The van der Waals surface area contributed by atoms with Gasteiger partial charge in [0.15, 0.2) is 0 Å². The maximum Gasteiger partial charge on any atom is 0.253 e. The second kappa shape index (κ2) is 9.51. The first-order chi connectivity index (χ1) is 13.6. The van der Waals surface area contributed by atoms with Crippen LogP contribution in [0.5, 0.6) is 0 Å². The molecule has 0 spiro atoms. The summed E-state index contributed by atoms with van der Waals surface area (Å²) in [5.74, 6) is 0.574. The minimum absolute atomic E-state index is 0.0147. The van der Waals surface area contributed by atoms with Gasteiger partial charge in [0.1, 0.15) is 0 Å². The molecule has 5 nitrogen and oxygen atoms in total. The molecule has 1 aliphatic rings. The minimum atomic E-state index is -0.0147. The van der Waals surface area contributed by atoms with Gasteiger partial charge in [-0.05, 0) is 42.2 Å². The van der Waals surface area contributed by atoms with Crippen LogP contribution in [0.2, 0.25) is 0 Å². The molecule has 148 valence electrons. The number of hydrogen-bond acceptors (Lipinski definition) is 3. The largest absolute Gasteiger partial charge is 0.336 e. The van der Waals surface area contributed by atoms with Crippen LogP contribution in [-0.4, -0.2) is 54.3 Å². The summed E-state index contributed by atoms with van der Waals surface area (Å²) in [5, 5.41) is 2.97. The summed E-state index contributed by atoms with van der Waals surface area (Å²) in [7, 11) is 0. The number of anilines is 1. The number of hydrogen-bond donors (Lipinski definition) is 1. The molecule has 5 heteroatoms. The van der Waals surface area contributed by atoms with E-state index in [0.717, 1.165) is 17.7 Å². The number of carbonyl (C=O) groups excluding carboxylic acids is 2. The third-order valence-electron chi connectivity index (χ3n) is 5.42. The van der Waals surface area contributed by atoms with Crippen molar-refractivity contribution in [3.8, 4) is 0 Å². The Morgan fingerprint density at radius 2 is 1.61 bits per heavy atom. The number of nitrogens with one attached hydrogen (secondary N) is 1. The lowest BCUT2D eigenvalue weighted by molar-refractivity contribution is -0.117. The average Bonchev–Trinajstić information content (AvgIpc) is 2.74. The van der Waals surface area contributed by atoms with Crippen molar-refractivity contribution >= 4 is 17.5 Å². The highest BCUT2D eigenvalue weighted by molar-refractivity contribution is 5.94. The number of rotatable bonds is 6. The van der Waals surface area contributed by atoms with Crippen LogP contribution in [0, 0.1) is 0 Å². The Labute approximate surface area is 167 Å². The van der Waals surface area contributed by atoms with Crippen molar-refractivity contribution in [1.29, 1.82) is 0 Å². The first-order valence-electron chi connectivity index (χ1n) is 10.0. The highest BCUT2D eigenvalue weighted by Gasteiger charge is 2.23. The highest BCUT2D eigenvalue weighted by Crippen LogP contribution is 2.20. The van der Waals surface area contributed by atoms with E-state index >= 15 is 0 Å². The Hall–Kier alpha value is -2.66. The van der Waals surface area contributed by atoms with E-state index in [9.17, 15) is 9.59 Å². The normalized spacial score (nSPS) is 15.9. The first-order valence-corrected chi connectivity index (χ1v) is 10.0. The molecular formula is C23H29N3O2. The van der Waals surface area contributed by atoms with Gasteiger partial charge in [0, 0.05) is 37.4 Å². The molecule has 1 aliphatic heterocycles. The van der Waals surface area contributed by atoms with Gasteiger partial charge in [0.25, 0.3) is 5.91 Å². The van der Waals surface area contributed by atoms with Crippen LogP contribution >= 0.6 is 0 Å². The smallest absolute Gasteiger partial charge is 0.253 e. The van der Waals surface area contributed by atoms with Crippen molar-refractivity contribution in [1.82, 2.24) is 9.80 Å². The van der Waals surface area contributed by atoms with Crippen molar-refractivity contribution in [2.45, 2.75) is 26.2 Å². The van der Waals surface area contributed by atoms with Crippen LogP contribution in [-0.2, 0) is 4.79 Å². The van der Waals surface area contributed by atoms with Gasteiger partial charge in [-0.25, -0.2) is 0 Å². The lowest BCUT2D eigenvalue weighted by atomic mass is 9.99. The van der Waals surface area contributed by atoms with Crippen molar-refractivity contribution in [2.75, 3.05) is 38.0 Å². The zero-order valence-corrected chi connectivity index (χ0v) is 16.7. The molecule has 2 aromatic rings. The van der Waals surface area contributed by atoms with E-state index < -0.39 is 0 Å². The Morgan fingerprint density at radius 1 is 0.964 bits per heavy atom. The quantitative estimate of drug-likeness (QED) is 0.834. The molecular weight excluding hydrogens is 350 g/mol. The molecule has 2 aromatic carbocycles. The Bertz CT molecular complexity index is 781. The molecule has 0 aromatic heterocycles. The van der Waals surface area contributed by atoms with E-state index in [4.69, 9.17) is 0 Å². The molecule has 0 unspecified atom stereocenters. The third-order valence-corrected chi connectivity index (χ3v) is 5.42. The zero-order valence-electron chi connectivity index (χ0n) is 16.7. The summed E-state index contributed by atoms with van der Waals surface area (Å²) in [6, 6.07) is 17.4. The van der Waals surface area contributed by atoms with Gasteiger partial charge in [0.05, 0.1) is 6.54 Å². The molecule has 0 bridgehead atoms. The number of amides is 2. The molecule has 1 atom stereocenters. The van der Waals surface area contributed by atoms with Crippen molar-refractivity contribution in [3.63, 3.8) is 0 Å². The zero-order chi connectivity index (χ0) is 19.9. The third kappa shape index (κ3) is 5.20. The summed E-state index contributed by atoms with van der Waals surface area (Å²) in [5.41, 5.74) is 2.84. The van der Waals surface area contributed by atoms with Crippen LogP contribution in [0.3, 0.4) is 0 Å². The van der Waals surface area contributed by atoms with E-state index in [0.29, 0.717) is 38.6 Å². The lowest BCUT2D eigenvalue weighted by Crippen LogP contribution is -2.50. The lowest BCUT2D eigenvalue weighted by Gasteiger charge is -2.34. The number of benzene rings is 2. The Balaban J connectivity index is 1.45. The standard InChI is InChI=1S/C23H29N3O2/c1-3-18(2)19-9-11-21(12-10-19)24-22(27)17-25-13-15-26(16-14-25)23(28)20-7-5-4-6-8-20/h4-12,18H,3,13-17H2,1-2H3,(H,24,27)/t18-/m0/s1. The molecule has 0 saturated carbocycles. The van der Waals surface area contributed by atoms with E-state index in [1.165, 1.54) is 5.56 Å². The maximum absolute atomic E-state index is 12.5. The molecule has 0 aliphatic carbocycles. The molecule has 1 saturated heterocycles. The van der Waals surface area contributed by atoms with E-state index in [2.05, 4.69) is 36.2 Å². The fraction of sp³-hybridized carbons (Fsp3) is 0.391. The van der Waals surface area contributed by atoms with Crippen LogP contribution in [0.1, 0.15) is 42.1 Å². The number of carbonyl (C=O) groups is 2. The molecule has 2 amide bonds. The molecule has 0 radical (unpaired) electrons. The van der Waals surface area contributed by atoms with Gasteiger partial charge in [-0.15, -0.1) is 0 Å². The fourth-order valence-electron chi connectivity index (χ4n) is 3.41. The molecule has 1 N–H and O–H groups in total. The minimum Gasteiger partial charge on any atom is -0.336 e. The molecule has 1 heterocycles. The van der Waals surface area contributed by atoms with E-state index in [1.807, 2.05) is 47.4 Å². The van der Waals surface area contributed by atoms with Crippen LogP contribution in [0.15, 0.2) is 54.6 Å². The van der Waals surface area contributed by atoms with Gasteiger partial charge in [-0.3, -0.25) is 14.5 Å². The molecule has 1 fully saturated rings. The van der Waals surface area contributed by atoms with Crippen molar-refractivity contribution < 1.29 is 9.59 Å². The van der Waals surface area contributed by atoms with Crippen molar-refractivity contribution in [2.24, 2.45) is 0 Å². The summed E-state index contributed by atoms with van der Waals surface area (Å²) < 4.78 is 0. The summed E-state index contributed by atoms with van der Waals surface area (Å²) in [6.07, 6.45) is 1.10. The van der Waals surface area contributed by atoms with Crippen LogP contribution < -0.4 is 5.32 Å². The monoisotopic (exact) mass is 379 g/mol. The second-order valence-corrected chi connectivity index (χ2v) is 7.41. The van der Waals surface area contributed by atoms with E-state index in [1.54, 1.807) is 0 Å². The maximum atomic E-state index is 12.5. The van der Waals surface area contributed by atoms with Crippen LogP contribution in [0.4, 0.5) is 5.69 Å². The Morgan fingerprint density at radius 3 is 2.21 bits per heavy atom. The van der Waals surface area contributed by atoms with Gasteiger partial charge < -0.3 is 10.2 Å². The SMILES string of the molecule is CC[C@H](C)c1ccc(NC(=O)CN2CCN(C(=O)c3ccccc3)CC2)cc1. The van der Waals surface area contributed by atoms with Gasteiger partial charge >= 0.3 is 0 Å². The topological polar surface area (TPSA) is 52.7 Å². The average molecular weight is 380 g/mol. The van der Waals surface area contributed by atoms with Crippen LogP contribution in [0.25, 0.3) is 0 Å². The molecule has 28 heavy (non-hydrogen) atoms. The fourth-order valence-corrected chi connectivity index (χ4v) is 3.41. The first kappa shape index (κ1) is 20.1. The predicted octanol–water partition coefficient (Wildman–Crippen LogP) is 3.60. The number of nitrogens with zero attached hydrogens (tertiary/aromatic N) is 2.